The molecule has 8 heteroatoms. The molecule has 6 nitrogen and oxygen atoms in total. The van der Waals surface area contributed by atoms with Crippen LogP contribution in [0.1, 0.15) is 36.1 Å². The Bertz CT molecular complexity index is 945. The fraction of sp³-hybridized carbons (Fsp3) is 0.476. The highest BCUT2D eigenvalue weighted by Crippen LogP contribution is 2.34. The monoisotopic (exact) mass is 431 g/mol. The van der Waals surface area contributed by atoms with Gasteiger partial charge in [-0.25, -0.2) is 9.97 Å². The van der Waals surface area contributed by atoms with Crippen molar-refractivity contribution >= 4 is 29.0 Å². The maximum atomic E-state index is 9.07. The number of nitriles is 1. The highest BCUT2D eigenvalue weighted by atomic mass is 35.5. The molecule has 2 aromatic rings. The molecule has 0 amide bonds. The predicted molar refractivity (Wildman–Crippen MR) is 113 cm³/mol. The standard InChI is InChI=1S/C21H23Cl2N5O/c1-29-16-4-5-18(22)15(9-16)11-27-12-17-19(13-27)25-21(23)26-20(17)28-8-2-3-14(10-28)6-7-24/h4-5,9,14H,2-3,6,8,10-13H2,1H3/t14-/m0/s1. The van der Waals surface area contributed by atoms with Gasteiger partial charge in [0.1, 0.15) is 11.6 Å². The maximum Gasteiger partial charge on any atom is 0.224 e. The van der Waals surface area contributed by atoms with E-state index < -0.39 is 0 Å². The molecule has 3 heterocycles. The van der Waals surface area contributed by atoms with Gasteiger partial charge in [-0.1, -0.05) is 11.6 Å². The highest BCUT2D eigenvalue weighted by molar-refractivity contribution is 6.31. The quantitative estimate of drug-likeness (QED) is 0.651. The van der Waals surface area contributed by atoms with E-state index in [0.717, 1.165) is 65.9 Å². The molecule has 0 N–H and O–H groups in total. The summed E-state index contributed by atoms with van der Waals surface area (Å²) >= 11 is 12.7. The van der Waals surface area contributed by atoms with Crippen LogP contribution < -0.4 is 9.64 Å². The van der Waals surface area contributed by atoms with Gasteiger partial charge >= 0.3 is 0 Å². The van der Waals surface area contributed by atoms with Crippen LogP contribution in [0.25, 0.3) is 0 Å². The number of fused-ring (bicyclic) bond motifs is 1. The van der Waals surface area contributed by atoms with Crippen molar-refractivity contribution < 1.29 is 4.74 Å². The largest absolute Gasteiger partial charge is 0.497 e. The van der Waals surface area contributed by atoms with Crippen LogP contribution in [-0.2, 0) is 19.6 Å². The molecular formula is C21H23Cl2N5O. The van der Waals surface area contributed by atoms with Crippen molar-refractivity contribution in [1.29, 1.82) is 5.26 Å². The Hall–Kier alpha value is -2.07. The molecule has 1 atom stereocenters. The third-order valence-electron chi connectivity index (χ3n) is 5.64. The molecule has 2 aliphatic heterocycles. The van der Waals surface area contributed by atoms with E-state index >= 15 is 0 Å². The number of nitrogens with zero attached hydrogens (tertiary/aromatic N) is 5. The van der Waals surface area contributed by atoms with Crippen molar-refractivity contribution in [1.82, 2.24) is 14.9 Å². The molecule has 29 heavy (non-hydrogen) atoms. The molecule has 1 saturated heterocycles. The number of methoxy groups -OCH3 is 1. The van der Waals surface area contributed by atoms with Crippen molar-refractivity contribution in [2.24, 2.45) is 5.92 Å². The summed E-state index contributed by atoms with van der Waals surface area (Å²) in [7, 11) is 1.65. The lowest BCUT2D eigenvalue weighted by Crippen LogP contribution is -2.36. The Morgan fingerprint density at radius 2 is 2.14 bits per heavy atom. The third-order valence-corrected chi connectivity index (χ3v) is 6.18. The second kappa shape index (κ2) is 8.74. The van der Waals surface area contributed by atoms with Gasteiger partial charge in [0.25, 0.3) is 0 Å². The van der Waals surface area contributed by atoms with Crippen LogP contribution in [-0.4, -0.2) is 35.1 Å². The normalized spacial score (nSPS) is 19.1. The van der Waals surface area contributed by atoms with E-state index in [2.05, 4.69) is 25.8 Å². The Morgan fingerprint density at radius 1 is 1.28 bits per heavy atom. The van der Waals surface area contributed by atoms with Gasteiger partial charge in [0.15, 0.2) is 0 Å². The Labute approximate surface area is 181 Å². The first-order chi connectivity index (χ1) is 14.1. The van der Waals surface area contributed by atoms with E-state index in [1.165, 1.54) is 0 Å². The smallest absolute Gasteiger partial charge is 0.224 e. The molecule has 1 aromatic carbocycles. The van der Waals surface area contributed by atoms with Crippen LogP contribution in [0.5, 0.6) is 5.75 Å². The van der Waals surface area contributed by atoms with Crippen LogP contribution in [0.3, 0.4) is 0 Å². The highest BCUT2D eigenvalue weighted by Gasteiger charge is 2.30. The summed E-state index contributed by atoms with van der Waals surface area (Å²) in [5.74, 6) is 2.09. The number of aromatic nitrogens is 2. The first-order valence-electron chi connectivity index (χ1n) is 9.79. The number of rotatable bonds is 5. The summed E-state index contributed by atoms with van der Waals surface area (Å²) in [6.07, 6.45) is 2.73. The van der Waals surface area contributed by atoms with Gasteiger partial charge in [-0.15, -0.1) is 0 Å². The molecule has 0 saturated carbocycles. The van der Waals surface area contributed by atoms with Gasteiger partial charge in [-0.3, -0.25) is 4.90 Å². The Balaban J connectivity index is 1.55. The molecule has 1 fully saturated rings. The molecule has 0 unspecified atom stereocenters. The lowest BCUT2D eigenvalue weighted by atomic mass is 9.95. The van der Waals surface area contributed by atoms with Crippen LogP contribution in [0, 0.1) is 17.2 Å². The van der Waals surface area contributed by atoms with Crippen molar-refractivity contribution in [2.75, 3.05) is 25.1 Å². The second-order valence-electron chi connectivity index (χ2n) is 7.66. The van der Waals surface area contributed by atoms with Crippen LogP contribution in [0.15, 0.2) is 18.2 Å². The molecule has 1 aromatic heterocycles. The van der Waals surface area contributed by atoms with Gasteiger partial charge in [0, 0.05) is 49.7 Å². The van der Waals surface area contributed by atoms with Crippen LogP contribution in [0.4, 0.5) is 5.82 Å². The maximum absolute atomic E-state index is 9.07. The van der Waals surface area contributed by atoms with Crippen LogP contribution in [0.2, 0.25) is 10.3 Å². The molecule has 0 aliphatic carbocycles. The lowest BCUT2D eigenvalue weighted by molar-refractivity contribution is 0.273. The van der Waals surface area contributed by atoms with Crippen molar-refractivity contribution in [3.05, 3.63) is 45.3 Å². The lowest BCUT2D eigenvalue weighted by Gasteiger charge is -2.33. The average Bonchev–Trinajstić information content (AvgIpc) is 3.11. The minimum atomic E-state index is 0.280. The molecular weight excluding hydrogens is 409 g/mol. The molecule has 0 bridgehead atoms. The summed E-state index contributed by atoms with van der Waals surface area (Å²) in [6.45, 7) is 3.92. The SMILES string of the molecule is COc1ccc(Cl)c(CN2Cc3nc(Cl)nc(N4CCC[C@@H](CC#N)C4)c3C2)c1. The summed E-state index contributed by atoms with van der Waals surface area (Å²) in [6, 6.07) is 8.01. The summed E-state index contributed by atoms with van der Waals surface area (Å²) < 4.78 is 5.33. The van der Waals surface area contributed by atoms with E-state index in [0.29, 0.717) is 25.4 Å². The van der Waals surface area contributed by atoms with Gasteiger partial charge in [-0.05, 0) is 54.1 Å². The van der Waals surface area contributed by atoms with Crippen LogP contribution >= 0.6 is 23.2 Å². The first-order valence-corrected chi connectivity index (χ1v) is 10.5. The molecule has 0 radical (unpaired) electrons. The van der Waals surface area contributed by atoms with Gasteiger partial charge < -0.3 is 9.64 Å². The van der Waals surface area contributed by atoms with E-state index in [9.17, 15) is 0 Å². The number of ether oxygens (including phenoxy) is 1. The number of benzene rings is 1. The van der Waals surface area contributed by atoms with Gasteiger partial charge in [0.2, 0.25) is 5.28 Å². The third kappa shape index (κ3) is 4.42. The van der Waals surface area contributed by atoms with Gasteiger partial charge in [-0.2, -0.15) is 5.26 Å². The fourth-order valence-corrected chi connectivity index (χ4v) is 4.60. The van der Waals surface area contributed by atoms with E-state index in [-0.39, 0.29) is 5.28 Å². The predicted octanol–water partition coefficient (Wildman–Crippen LogP) is 4.44. The minimum absolute atomic E-state index is 0.280. The number of halogens is 2. The zero-order chi connectivity index (χ0) is 20.4. The summed E-state index contributed by atoms with van der Waals surface area (Å²) in [5, 5.41) is 10.1. The molecule has 2 aliphatic rings. The zero-order valence-corrected chi connectivity index (χ0v) is 17.9. The molecule has 4 rings (SSSR count). The number of anilines is 1. The Kier molecular flexibility index (Phi) is 6.09. The fourth-order valence-electron chi connectivity index (χ4n) is 4.24. The summed E-state index contributed by atoms with van der Waals surface area (Å²) in [4.78, 5) is 13.6. The second-order valence-corrected chi connectivity index (χ2v) is 8.41. The summed E-state index contributed by atoms with van der Waals surface area (Å²) in [5.41, 5.74) is 3.12. The van der Waals surface area contributed by atoms with E-state index in [1.807, 2.05) is 18.2 Å². The Morgan fingerprint density at radius 3 is 2.93 bits per heavy atom. The zero-order valence-electron chi connectivity index (χ0n) is 16.4. The molecule has 0 spiro atoms. The first kappa shape index (κ1) is 20.2. The van der Waals surface area contributed by atoms with Crippen molar-refractivity contribution in [2.45, 2.75) is 38.9 Å². The minimum Gasteiger partial charge on any atom is -0.497 e. The van der Waals surface area contributed by atoms with E-state index in [1.54, 1.807) is 7.11 Å². The van der Waals surface area contributed by atoms with Gasteiger partial charge in [0.05, 0.1) is 18.9 Å². The van der Waals surface area contributed by atoms with Crippen molar-refractivity contribution in [3.8, 4) is 11.8 Å². The molecule has 152 valence electrons. The number of hydrogen-bond donors (Lipinski definition) is 0. The van der Waals surface area contributed by atoms with Crippen molar-refractivity contribution in [3.63, 3.8) is 0 Å². The number of hydrogen-bond acceptors (Lipinski definition) is 6. The van der Waals surface area contributed by atoms with E-state index in [4.69, 9.17) is 33.2 Å². The average molecular weight is 432 g/mol. The number of piperidine rings is 1. The topological polar surface area (TPSA) is 65.3 Å².